The molecule has 8 heteroatoms. The molecule has 0 aromatic carbocycles. The van der Waals surface area contributed by atoms with E-state index in [1.165, 1.54) is 0 Å². The summed E-state index contributed by atoms with van der Waals surface area (Å²) < 4.78 is 24.4. The van der Waals surface area contributed by atoms with Gasteiger partial charge in [0.05, 0.1) is 0 Å². The third-order valence-corrected chi connectivity index (χ3v) is 3.05. The van der Waals surface area contributed by atoms with Gasteiger partial charge in [-0.3, -0.25) is 4.79 Å². The number of nitrogens with one attached hydrogen (secondary N) is 2. The van der Waals surface area contributed by atoms with Crippen LogP contribution in [0.4, 0.5) is 0 Å². The Bertz CT molecular complexity index is 426. The fourth-order valence-electron chi connectivity index (χ4n) is 1.13. The topological polar surface area (TPSA) is 112 Å². The van der Waals surface area contributed by atoms with Gasteiger partial charge in [-0.05, 0) is 6.42 Å². The first kappa shape index (κ1) is 12.7. The van der Waals surface area contributed by atoms with Gasteiger partial charge in [0.2, 0.25) is 10.0 Å². The van der Waals surface area contributed by atoms with Crippen LogP contribution in [0.15, 0.2) is 12.4 Å². The van der Waals surface area contributed by atoms with E-state index in [2.05, 4.69) is 14.7 Å². The predicted molar refractivity (Wildman–Crippen MR) is 56.3 cm³/mol. The first-order valence-corrected chi connectivity index (χ1v) is 6.32. The van der Waals surface area contributed by atoms with Gasteiger partial charge in [-0.1, -0.05) is 0 Å². The van der Waals surface area contributed by atoms with Gasteiger partial charge in [0, 0.05) is 25.4 Å². The van der Waals surface area contributed by atoms with Crippen molar-refractivity contribution in [3.8, 4) is 0 Å². The average Bonchev–Trinajstić information content (AvgIpc) is 2.62. The lowest BCUT2D eigenvalue weighted by Crippen LogP contribution is -2.30. The molecule has 7 nitrogen and oxygen atoms in total. The maximum atomic E-state index is 11.1. The summed E-state index contributed by atoms with van der Waals surface area (Å²) >= 11 is 0. The fraction of sp³-hybridized carbons (Fsp3) is 0.500. The molecule has 0 saturated heterocycles. The number of sulfonamides is 1. The maximum absolute atomic E-state index is 11.1. The minimum absolute atomic E-state index is 0.205. The van der Waals surface area contributed by atoms with Gasteiger partial charge >= 0.3 is 5.97 Å². The predicted octanol–water partition coefficient (Wildman–Crippen LogP) is -0.654. The van der Waals surface area contributed by atoms with E-state index in [4.69, 9.17) is 5.11 Å². The molecule has 1 aromatic heterocycles. The van der Waals surface area contributed by atoms with E-state index in [-0.39, 0.29) is 6.54 Å². The highest BCUT2D eigenvalue weighted by Gasteiger charge is 2.14. The van der Waals surface area contributed by atoms with Crippen molar-refractivity contribution in [2.75, 3.05) is 12.3 Å². The Hall–Kier alpha value is -1.41. The molecule has 0 aliphatic carbocycles. The second-order valence-electron chi connectivity index (χ2n) is 3.19. The Morgan fingerprint density at radius 2 is 2.31 bits per heavy atom. The van der Waals surface area contributed by atoms with Crippen LogP contribution in [-0.2, 0) is 21.2 Å². The van der Waals surface area contributed by atoms with Crippen LogP contribution >= 0.6 is 0 Å². The molecular formula is C8H13N3O4S. The van der Waals surface area contributed by atoms with Crippen molar-refractivity contribution in [3.05, 3.63) is 18.2 Å². The van der Waals surface area contributed by atoms with Crippen molar-refractivity contribution in [3.63, 3.8) is 0 Å². The van der Waals surface area contributed by atoms with Gasteiger partial charge in [-0.15, -0.1) is 0 Å². The normalized spacial score (nSPS) is 11.5. The Morgan fingerprint density at radius 3 is 2.88 bits per heavy atom. The number of rotatable bonds is 7. The molecule has 0 spiro atoms. The van der Waals surface area contributed by atoms with Crippen LogP contribution in [0.3, 0.4) is 0 Å². The van der Waals surface area contributed by atoms with Crippen molar-refractivity contribution < 1.29 is 18.3 Å². The molecule has 0 aliphatic heterocycles. The van der Waals surface area contributed by atoms with Gasteiger partial charge in [0.1, 0.15) is 5.82 Å². The van der Waals surface area contributed by atoms with E-state index in [1.807, 2.05) is 0 Å². The zero-order valence-electron chi connectivity index (χ0n) is 8.51. The van der Waals surface area contributed by atoms with Crippen molar-refractivity contribution in [2.24, 2.45) is 0 Å². The van der Waals surface area contributed by atoms with E-state index >= 15 is 0 Å². The highest BCUT2D eigenvalue weighted by molar-refractivity contribution is 7.90. The number of hydrogen-bond acceptors (Lipinski definition) is 4. The molecular weight excluding hydrogens is 234 g/mol. The van der Waals surface area contributed by atoms with E-state index < -0.39 is 21.7 Å². The molecule has 3 N–H and O–H groups in total. The molecule has 16 heavy (non-hydrogen) atoms. The summed E-state index contributed by atoms with van der Waals surface area (Å²) in [6.45, 7) is 0.205. The van der Waals surface area contributed by atoms with Crippen LogP contribution in [0.5, 0.6) is 0 Å². The third kappa shape index (κ3) is 4.89. The van der Waals surface area contributed by atoms with E-state index in [1.54, 1.807) is 12.4 Å². The highest BCUT2D eigenvalue weighted by Crippen LogP contribution is 1.94. The summed E-state index contributed by atoms with van der Waals surface area (Å²) in [7, 11) is -3.70. The van der Waals surface area contributed by atoms with E-state index in [9.17, 15) is 13.2 Å². The zero-order valence-corrected chi connectivity index (χ0v) is 9.33. The summed E-state index contributed by atoms with van der Waals surface area (Å²) in [5, 5.41) is 8.32. The quantitative estimate of drug-likeness (QED) is 0.554. The standard InChI is InChI=1S/C8H13N3O4S/c12-8(13)6-16(14,15)11-3-1-2-7-9-4-5-10-7/h4-5,11H,1-3,6H2,(H,9,10)(H,12,13). The Morgan fingerprint density at radius 1 is 1.56 bits per heavy atom. The lowest BCUT2D eigenvalue weighted by Gasteiger charge is -2.03. The first-order chi connectivity index (χ1) is 7.49. The molecule has 0 saturated carbocycles. The number of nitrogens with zero attached hydrogens (tertiary/aromatic N) is 1. The van der Waals surface area contributed by atoms with Crippen LogP contribution < -0.4 is 4.72 Å². The van der Waals surface area contributed by atoms with Gasteiger partial charge in [0.25, 0.3) is 0 Å². The fourth-order valence-corrected chi connectivity index (χ4v) is 2.01. The molecule has 0 atom stereocenters. The average molecular weight is 247 g/mol. The Kier molecular flexibility index (Phi) is 4.44. The van der Waals surface area contributed by atoms with Crippen LogP contribution in [0.25, 0.3) is 0 Å². The van der Waals surface area contributed by atoms with Crippen LogP contribution in [-0.4, -0.2) is 41.8 Å². The number of aryl methyl sites for hydroxylation is 1. The summed E-state index contributed by atoms with van der Waals surface area (Å²) in [5.74, 6) is -1.48. The maximum Gasteiger partial charge on any atom is 0.320 e. The molecule has 1 rings (SSSR count). The number of aromatic amines is 1. The molecule has 0 aliphatic rings. The monoisotopic (exact) mass is 247 g/mol. The summed E-state index contributed by atoms with van der Waals surface area (Å²) in [5.41, 5.74) is 0. The number of carboxylic acids is 1. The smallest absolute Gasteiger partial charge is 0.320 e. The molecule has 0 fully saturated rings. The number of aliphatic carboxylic acids is 1. The number of H-pyrrole nitrogens is 1. The summed E-state index contributed by atoms with van der Waals surface area (Å²) in [4.78, 5) is 17.1. The van der Waals surface area contributed by atoms with Crippen LogP contribution in [0, 0.1) is 0 Å². The summed E-state index contributed by atoms with van der Waals surface area (Å²) in [6.07, 6.45) is 4.48. The molecule has 1 heterocycles. The minimum Gasteiger partial charge on any atom is -0.480 e. The summed E-state index contributed by atoms with van der Waals surface area (Å²) in [6, 6.07) is 0. The highest BCUT2D eigenvalue weighted by atomic mass is 32.2. The van der Waals surface area contributed by atoms with Crippen molar-refractivity contribution in [1.82, 2.24) is 14.7 Å². The Balaban J connectivity index is 2.23. The SMILES string of the molecule is O=C(O)CS(=O)(=O)NCCCc1ncc[nH]1. The minimum atomic E-state index is -3.70. The largest absolute Gasteiger partial charge is 0.480 e. The van der Waals surface area contributed by atoms with Crippen molar-refractivity contribution in [2.45, 2.75) is 12.8 Å². The van der Waals surface area contributed by atoms with Gasteiger partial charge in [0.15, 0.2) is 5.75 Å². The molecule has 0 bridgehead atoms. The number of imidazole rings is 1. The van der Waals surface area contributed by atoms with Gasteiger partial charge in [-0.2, -0.15) is 0 Å². The molecule has 1 aromatic rings. The molecule has 0 amide bonds. The number of hydrogen-bond donors (Lipinski definition) is 3. The van der Waals surface area contributed by atoms with E-state index in [0.717, 1.165) is 5.82 Å². The molecule has 0 unspecified atom stereocenters. The lowest BCUT2D eigenvalue weighted by atomic mass is 10.3. The van der Waals surface area contributed by atoms with Crippen molar-refractivity contribution in [1.29, 1.82) is 0 Å². The lowest BCUT2D eigenvalue weighted by molar-refractivity contribution is -0.134. The van der Waals surface area contributed by atoms with E-state index in [0.29, 0.717) is 12.8 Å². The van der Waals surface area contributed by atoms with Crippen LogP contribution in [0.2, 0.25) is 0 Å². The molecule has 0 radical (unpaired) electrons. The zero-order chi connectivity index (χ0) is 12.0. The number of carbonyl (C=O) groups is 1. The van der Waals surface area contributed by atoms with Gasteiger partial charge < -0.3 is 10.1 Å². The Labute approximate surface area is 93.0 Å². The van der Waals surface area contributed by atoms with Crippen molar-refractivity contribution >= 4 is 16.0 Å². The third-order valence-electron chi connectivity index (χ3n) is 1.78. The van der Waals surface area contributed by atoms with Gasteiger partial charge in [-0.25, -0.2) is 18.1 Å². The second-order valence-corrected chi connectivity index (χ2v) is 4.99. The number of carboxylic acid groups (broad SMARTS) is 1. The van der Waals surface area contributed by atoms with Crippen LogP contribution in [0.1, 0.15) is 12.2 Å². The molecule has 90 valence electrons. The first-order valence-electron chi connectivity index (χ1n) is 4.67. The second kappa shape index (κ2) is 5.61. The number of aromatic nitrogens is 2.